The lowest BCUT2D eigenvalue weighted by Crippen LogP contribution is -2.10. The van der Waals surface area contributed by atoms with Crippen molar-refractivity contribution in [3.8, 4) is 11.5 Å². The fourth-order valence-electron chi connectivity index (χ4n) is 3.59. The van der Waals surface area contributed by atoms with Gasteiger partial charge in [-0.15, -0.1) is 0 Å². The molecule has 4 aromatic rings. The third kappa shape index (κ3) is 5.09. The first-order valence-corrected chi connectivity index (χ1v) is 11.3. The van der Waals surface area contributed by atoms with Crippen LogP contribution < -0.4 is 9.47 Å². The molecule has 0 bridgehead atoms. The summed E-state index contributed by atoms with van der Waals surface area (Å²) in [5.41, 5.74) is 0.682. The molecule has 0 saturated heterocycles. The molecule has 6 nitrogen and oxygen atoms in total. The quantitative estimate of drug-likeness (QED) is 0.290. The lowest BCUT2D eigenvalue weighted by Gasteiger charge is -2.16. The summed E-state index contributed by atoms with van der Waals surface area (Å²) in [4.78, 5) is 24.2. The summed E-state index contributed by atoms with van der Waals surface area (Å²) in [5.74, 6) is 0.718. The third-order valence-electron chi connectivity index (χ3n) is 5.64. The highest BCUT2D eigenvalue weighted by Crippen LogP contribution is 2.37. The van der Waals surface area contributed by atoms with Crippen molar-refractivity contribution in [2.75, 3.05) is 6.61 Å². The predicted molar refractivity (Wildman–Crippen MR) is 123 cm³/mol. The highest BCUT2D eigenvalue weighted by atomic mass is 35.5. The number of alkyl halides is 3. The van der Waals surface area contributed by atoms with E-state index in [2.05, 4.69) is 15.0 Å². The molecule has 180 valence electrons. The zero-order valence-electron chi connectivity index (χ0n) is 18.2. The second-order valence-electron chi connectivity index (χ2n) is 8.31. The molecule has 1 fully saturated rings. The molecule has 5 rings (SSSR count). The Hall–Kier alpha value is -3.59. The summed E-state index contributed by atoms with van der Waals surface area (Å²) in [5, 5.41) is 0.983. The zero-order valence-corrected chi connectivity index (χ0v) is 19.0. The van der Waals surface area contributed by atoms with E-state index in [1.54, 1.807) is 30.5 Å². The van der Waals surface area contributed by atoms with Crippen molar-refractivity contribution >= 4 is 28.4 Å². The van der Waals surface area contributed by atoms with E-state index >= 15 is 0 Å². The Kier molecular flexibility index (Phi) is 6.10. The van der Waals surface area contributed by atoms with Crippen LogP contribution in [0.5, 0.6) is 11.5 Å². The Bertz CT molecular complexity index is 1380. The minimum absolute atomic E-state index is 0.0464. The van der Waals surface area contributed by atoms with Crippen LogP contribution in [-0.2, 0) is 12.8 Å². The molecule has 0 atom stereocenters. The van der Waals surface area contributed by atoms with Crippen LogP contribution in [-0.4, -0.2) is 27.3 Å². The lowest BCUT2D eigenvalue weighted by atomic mass is 10.0. The van der Waals surface area contributed by atoms with Crippen molar-refractivity contribution in [3.05, 3.63) is 82.4 Å². The first-order chi connectivity index (χ1) is 16.8. The molecule has 35 heavy (non-hydrogen) atoms. The summed E-state index contributed by atoms with van der Waals surface area (Å²) in [7, 11) is 0. The van der Waals surface area contributed by atoms with Gasteiger partial charge >= 0.3 is 6.18 Å². The number of hydrogen-bond acceptors (Lipinski definition) is 5. The number of H-pyrrole nitrogens is 1. The van der Waals surface area contributed by atoms with Crippen LogP contribution in [0.15, 0.2) is 55.0 Å². The minimum Gasteiger partial charge on any atom is -0.489 e. The molecular formula is C25H19ClF3N3O3. The van der Waals surface area contributed by atoms with Crippen LogP contribution in [0, 0.1) is 5.92 Å². The van der Waals surface area contributed by atoms with Crippen LogP contribution in [0.25, 0.3) is 11.0 Å². The summed E-state index contributed by atoms with van der Waals surface area (Å²) < 4.78 is 50.3. The van der Waals surface area contributed by atoms with Crippen molar-refractivity contribution < 1.29 is 27.4 Å². The van der Waals surface area contributed by atoms with E-state index < -0.39 is 11.9 Å². The second kappa shape index (κ2) is 9.22. The molecule has 3 aromatic heterocycles. The zero-order chi connectivity index (χ0) is 24.6. The second-order valence-corrected chi connectivity index (χ2v) is 8.74. The van der Waals surface area contributed by atoms with E-state index in [0.29, 0.717) is 51.0 Å². The minimum atomic E-state index is -4.51. The predicted octanol–water partition coefficient (Wildman–Crippen LogP) is 6.23. The van der Waals surface area contributed by atoms with Crippen molar-refractivity contribution in [2.45, 2.75) is 25.6 Å². The summed E-state index contributed by atoms with van der Waals surface area (Å²) >= 11 is 6.08. The van der Waals surface area contributed by atoms with Gasteiger partial charge in [0, 0.05) is 35.1 Å². The number of nitrogens with one attached hydrogen (secondary N) is 1. The largest absolute Gasteiger partial charge is 0.489 e. The topological polar surface area (TPSA) is 77.1 Å². The summed E-state index contributed by atoms with van der Waals surface area (Å²) in [6, 6.07) is 8.84. The van der Waals surface area contributed by atoms with Gasteiger partial charge < -0.3 is 14.5 Å². The Morgan fingerprint density at radius 1 is 1.09 bits per heavy atom. The van der Waals surface area contributed by atoms with Crippen molar-refractivity contribution in [1.82, 2.24) is 15.0 Å². The molecule has 0 unspecified atom stereocenters. The summed E-state index contributed by atoms with van der Waals surface area (Å²) in [6.45, 7) is 0.388. The van der Waals surface area contributed by atoms with Gasteiger partial charge in [0.1, 0.15) is 17.9 Å². The van der Waals surface area contributed by atoms with Gasteiger partial charge in [-0.1, -0.05) is 23.7 Å². The molecule has 10 heteroatoms. The molecule has 0 aliphatic heterocycles. The lowest BCUT2D eigenvalue weighted by molar-refractivity contribution is -0.141. The van der Waals surface area contributed by atoms with Crippen LogP contribution in [0.2, 0.25) is 5.02 Å². The molecule has 1 aromatic carbocycles. The number of benzene rings is 1. The number of hydrogen-bond donors (Lipinski definition) is 1. The number of ether oxygens (including phenoxy) is 2. The number of aromatic amines is 1. The molecular weight excluding hydrogens is 483 g/mol. The van der Waals surface area contributed by atoms with Crippen LogP contribution in [0.4, 0.5) is 13.2 Å². The molecule has 0 radical (unpaired) electrons. The SMILES string of the molecule is O=C(c1cccc(OCc2ccc(C(F)(F)F)nc2)c1OCC1CC1)c1c[nH]c2ncc(Cl)cc12. The Labute approximate surface area is 203 Å². The van der Waals surface area contributed by atoms with Crippen molar-refractivity contribution in [1.29, 1.82) is 0 Å². The number of ketones is 1. The average Bonchev–Trinajstić information content (AvgIpc) is 3.58. The number of aromatic nitrogens is 3. The van der Waals surface area contributed by atoms with Crippen molar-refractivity contribution in [2.24, 2.45) is 5.92 Å². The fraction of sp³-hybridized carbons (Fsp3) is 0.240. The van der Waals surface area contributed by atoms with E-state index in [4.69, 9.17) is 21.1 Å². The molecule has 1 aliphatic rings. The summed E-state index contributed by atoms with van der Waals surface area (Å²) in [6.07, 6.45) is 1.77. The van der Waals surface area contributed by atoms with E-state index in [9.17, 15) is 18.0 Å². The number of halogens is 4. The van der Waals surface area contributed by atoms with Crippen LogP contribution in [0.1, 0.15) is 40.0 Å². The van der Waals surface area contributed by atoms with E-state index in [0.717, 1.165) is 25.1 Å². The van der Waals surface area contributed by atoms with E-state index in [1.165, 1.54) is 12.3 Å². The Balaban J connectivity index is 1.44. The molecule has 0 spiro atoms. The van der Waals surface area contributed by atoms with Gasteiger partial charge in [0.2, 0.25) is 0 Å². The number of carbonyl (C=O) groups excluding carboxylic acids is 1. The molecule has 3 heterocycles. The van der Waals surface area contributed by atoms with Crippen LogP contribution >= 0.6 is 11.6 Å². The van der Waals surface area contributed by atoms with Gasteiger partial charge in [-0.3, -0.25) is 9.78 Å². The standard InChI is InChI=1S/C25H19ClF3N3O3/c26-16-8-18-19(11-32-24(18)31-10-16)22(33)17-2-1-3-20(23(17)35-12-14-4-5-14)34-13-15-6-7-21(30-9-15)25(27,28)29/h1-3,6-11,14H,4-5,12-13H2,(H,31,32). The van der Waals surface area contributed by atoms with E-state index in [-0.39, 0.29) is 18.1 Å². The smallest absolute Gasteiger partial charge is 0.433 e. The highest BCUT2D eigenvalue weighted by molar-refractivity contribution is 6.31. The van der Waals surface area contributed by atoms with Crippen molar-refractivity contribution in [3.63, 3.8) is 0 Å². The molecule has 1 saturated carbocycles. The Morgan fingerprint density at radius 2 is 1.91 bits per heavy atom. The van der Waals surface area contributed by atoms with E-state index in [1.807, 2.05) is 0 Å². The maximum absolute atomic E-state index is 13.5. The normalized spacial score (nSPS) is 13.7. The number of nitrogens with zero attached hydrogens (tertiary/aromatic N) is 2. The number of para-hydroxylation sites is 1. The highest BCUT2D eigenvalue weighted by Gasteiger charge is 2.32. The number of rotatable bonds is 8. The van der Waals surface area contributed by atoms with Gasteiger partial charge in [0.25, 0.3) is 0 Å². The number of pyridine rings is 2. The average molecular weight is 502 g/mol. The van der Waals surface area contributed by atoms with Crippen LogP contribution in [0.3, 0.4) is 0 Å². The maximum Gasteiger partial charge on any atom is 0.433 e. The number of carbonyl (C=O) groups is 1. The van der Waals surface area contributed by atoms with Gasteiger partial charge in [-0.2, -0.15) is 13.2 Å². The van der Waals surface area contributed by atoms with Gasteiger partial charge in [-0.25, -0.2) is 4.98 Å². The molecule has 1 aliphatic carbocycles. The fourth-order valence-corrected chi connectivity index (χ4v) is 3.75. The molecule has 0 amide bonds. The molecule has 1 N–H and O–H groups in total. The third-order valence-corrected chi connectivity index (χ3v) is 5.84. The maximum atomic E-state index is 13.5. The van der Waals surface area contributed by atoms with Gasteiger partial charge in [0.05, 0.1) is 17.2 Å². The van der Waals surface area contributed by atoms with Gasteiger partial charge in [0.15, 0.2) is 17.3 Å². The van der Waals surface area contributed by atoms with Gasteiger partial charge in [-0.05, 0) is 43.0 Å². The number of fused-ring (bicyclic) bond motifs is 1. The monoisotopic (exact) mass is 501 g/mol. The first-order valence-electron chi connectivity index (χ1n) is 10.9. The first kappa shape index (κ1) is 23.2. The Morgan fingerprint density at radius 3 is 2.63 bits per heavy atom.